The molecular formula is C28H19ClN4O3. The summed E-state index contributed by atoms with van der Waals surface area (Å²) in [5.41, 5.74) is 8.12. The molecule has 0 saturated carbocycles. The average molecular weight is 495 g/mol. The van der Waals surface area contributed by atoms with E-state index >= 15 is 0 Å². The van der Waals surface area contributed by atoms with E-state index in [4.69, 9.17) is 22.1 Å². The van der Waals surface area contributed by atoms with Crippen molar-refractivity contribution in [3.8, 4) is 6.07 Å². The summed E-state index contributed by atoms with van der Waals surface area (Å²) in [5, 5.41) is 11.0. The van der Waals surface area contributed by atoms with E-state index in [-0.39, 0.29) is 30.1 Å². The Kier molecular flexibility index (Phi) is 4.88. The molecule has 0 saturated heterocycles. The maximum atomic E-state index is 14.5. The molecule has 0 bridgehead atoms. The lowest BCUT2D eigenvalue weighted by atomic mass is 9.67. The number of nitrogens with two attached hydrogens (primary N) is 1. The second-order valence-corrected chi connectivity index (χ2v) is 9.17. The van der Waals surface area contributed by atoms with Crippen molar-refractivity contribution >= 4 is 34.9 Å². The number of nitriles is 1. The van der Waals surface area contributed by atoms with Crippen LogP contribution in [-0.4, -0.2) is 18.5 Å². The first kappa shape index (κ1) is 22.0. The van der Waals surface area contributed by atoms with Crippen LogP contribution in [0, 0.1) is 11.3 Å². The predicted molar refractivity (Wildman–Crippen MR) is 134 cm³/mol. The SMILES string of the molecule is N#CC1=C(N)N(c2ccccc2)C2=C(C(=O)OC2)[C@@]12C(=O)N(Cc1cccc(Cl)c1)c1ccccc12. The lowest BCUT2D eigenvalue weighted by molar-refractivity contribution is -0.137. The molecule has 1 atom stereocenters. The van der Waals surface area contributed by atoms with E-state index in [1.165, 1.54) is 0 Å². The summed E-state index contributed by atoms with van der Waals surface area (Å²) in [4.78, 5) is 31.0. The van der Waals surface area contributed by atoms with Gasteiger partial charge in [-0.15, -0.1) is 0 Å². The Labute approximate surface area is 212 Å². The molecule has 1 spiro atoms. The summed E-state index contributed by atoms with van der Waals surface area (Å²) in [5.74, 6) is -0.977. The molecule has 7 nitrogen and oxygen atoms in total. The third-order valence-electron chi connectivity index (χ3n) is 6.87. The number of benzene rings is 3. The van der Waals surface area contributed by atoms with E-state index in [1.54, 1.807) is 34.1 Å². The van der Waals surface area contributed by atoms with Crippen LogP contribution in [0.4, 0.5) is 11.4 Å². The fraction of sp³-hybridized carbons (Fsp3) is 0.107. The summed E-state index contributed by atoms with van der Waals surface area (Å²) < 4.78 is 5.48. The van der Waals surface area contributed by atoms with Gasteiger partial charge in [-0.05, 0) is 35.9 Å². The van der Waals surface area contributed by atoms with Crippen molar-refractivity contribution in [1.29, 1.82) is 5.26 Å². The van der Waals surface area contributed by atoms with E-state index < -0.39 is 17.3 Å². The van der Waals surface area contributed by atoms with Crippen LogP contribution in [0.3, 0.4) is 0 Å². The molecule has 3 aliphatic heterocycles. The Balaban J connectivity index is 1.62. The maximum Gasteiger partial charge on any atom is 0.338 e. The second-order valence-electron chi connectivity index (χ2n) is 8.73. The monoisotopic (exact) mass is 494 g/mol. The van der Waals surface area contributed by atoms with Gasteiger partial charge in [-0.2, -0.15) is 5.26 Å². The van der Waals surface area contributed by atoms with Crippen molar-refractivity contribution in [2.75, 3.05) is 16.4 Å². The number of para-hydroxylation sites is 2. The van der Waals surface area contributed by atoms with Gasteiger partial charge >= 0.3 is 5.97 Å². The van der Waals surface area contributed by atoms with Crippen molar-refractivity contribution in [3.05, 3.63) is 118 Å². The molecular weight excluding hydrogens is 476 g/mol. The zero-order valence-electron chi connectivity index (χ0n) is 18.9. The second kappa shape index (κ2) is 8.01. The molecule has 0 aromatic heterocycles. The number of amides is 1. The number of cyclic esters (lactones) is 1. The Bertz CT molecular complexity index is 1560. The van der Waals surface area contributed by atoms with Gasteiger partial charge in [-0.3, -0.25) is 9.69 Å². The van der Waals surface area contributed by atoms with Crippen molar-refractivity contribution < 1.29 is 14.3 Å². The Morgan fingerprint density at radius 2 is 1.78 bits per heavy atom. The van der Waals surface area contributed by atoms with Crippen molar-refractivity contribution in [3.63, 3.8) is 0 Å². The fourth-order valence-electron chi connectivity index (χ4n) is 5.44. The van der Waals surface area contributed by atoms with Gasteiger partial charge in [0.05, 0.1) is 23.4 Å². The summed E-state index contributed by atoms with van der Waals surface area (Å²) in [6.45, 7) is 0.144. The first-order valence-corrected chi connectivity index (χ1v) is 11.7. The minimum absolute atomic E-state index is 0.00463. The van der Waals surface area contributed by atoms with E-state index in [2.05, 4.69) is 6.07 Å². The molecule has 3 aromatic carbocycles. The number of hydrogen-bond acceptors (Lipinski definition) is 6. The van der Waals surface area contributed by atoms with E-state index in [0.717, 1.165) is 5.56 Å². The molecule has 3 aliphatic rings. The van der Waals surface area contributed by atoms with Gasteiger partial charge in [0.1, 0.15) is 23.9 Å². The molecule has 3 aromatic rings. The normalized spacial score (nSPS) is 20.6. The smallest absolute Gasteiger partial charge is 0.338 e. The van der Waals surface area contributed by atoms with Crippen molar-refractivity contribution in [2.45, 2.75) is 12.0 Å². The number of anilines is 2. The molecule has 0 fully saturated rings. The van der Waals surface area contributed by atoms with Crippen LogP contribution in [-0.2, 0) is 26.3 Å². The zero-order chi connectivity index (χ0) is 25.0. The van der Waals surface area contributed by atoms with Gasteiger partial charge in [0.15, 0.2) is 0 Å². The number of carbonyl (C=O) groups excluding carboxylic acids is 2. The molecule has 6 rings (SSSR count). The van der Waals surface area contributed by atoms with Crippen LogP contribution in [0.15, 0.2) is 102 Å². The number of halogens is 1. The largest absolute Gasteiger partial charge is 0.456 e. The minimum Gasteiger partial charge on any atom is -0.456 e. The molecule has 0 unspecified atom stereocenters. The molecule has 0 radical (unpaired) electrons. The molecule has 36 heavy (non-hydrogen) atoms. The third-order valence-corrected chi connectivity index (χ3v) is 7.11. The molecule has 176 valence electrons. The van der Waals surface area contributed by atoms with Gasteiger partial charge in [-0.1, -0.05) is 60.1 Å². The van der Waals surface area contributed by atoms with E-state index in [9.17, 15) is 14.9 Å². The molecule has 1 amide bonds. The topological polar surface area (TPSA) is 99.7 Å². The highest BCUT2D eigenvalue weighted by Gasteiger charge is 2.63. The number of nitrogens with zero attached hydrogens (tertiary/aromatic N) is 3. The quantitative estimate of drug-likeness (QED) is 0.549. The number of rotatable bonds is 3. The van der Waals surface area contributed by atoms with Crippen LogP contribution in [0.1, 0.15) is 11.1 Å². The summed E-state index contributed by atoms with van der Waals surface area (Å²) in [7, 11) is 0. The van der Waals surface area contributed by atoms with Gasteiger partial charge in [-0.25, -0.2) is 4.79 Å². The molecule has 0 aliphatic carbocycles. The lowest BCUT2D eigenvalue weighted by Crippen LogP contribution is -2.50. The summed E-state index contributed by atoms with van der Waals surface area (Å²) >= 11 is 6.20. The number of fused-ring (bicyclic) bond motifs is 3. The standard InChI is InChI=1S/C28H19ClN4O3/c29-18-8-6-7-17(13-18)15-32-22-12-5-4-11-20(22)28(27(32)35)21(14-30)25(31)33(19-9-2-1-3-10-19)23-16-36-26(34)24(23)28/h1-13H,15-16,31H2/t28-/m0/s1. The Morgan fingerprint density at radius 1 is 1.03 bits per heavy atom. The van der Waals surface area contributed by atoms with E-state index in [1.807, 2.05) is 54.6 Å². The molecule has 3 heterocycles. The third kappa shape index (κ3) is 2.85. The van der Waals surface area contributed by atoms with Crippen LogP contribution in [0.5, 0.6) is 0 Å². The van der Waals surface area contributed by atoms with Crippen LogP contribution < -0.4 is 15.5 Å². The highest BCUT2D eigenvalue weighted by Crippen LogP contribution is 2.56. The van der Waals surface area contributed by atoms with Crippen LogP contribution in [0.25, 0.3) is 0 Å². The van der Waals surface area contributed by atoms with Gasteiger partial charge in [0, 0.05) is 22.0 Å². The first-order chi connectivity index (χ1) is 17.5. The van der Waals surface area contributed by atoms with Crippen LogP contribution >= 0.6 is 11.6 Å². The molecule has 8 heteroatoms. The number of esters is 1. The van der Waals surface area contributed by atoms with Gasteiger partial charge < -0.3 is 15.4 Å². The summed E-state index contributed by atoms with van der Waals surface area (Å²) in [6.07, 6.45) is 0. The number of hydrogen-bond donors (Lipinski definition) is 1. The van der Waals surface area contributed by atoms with Crippen molar-refractivity contribution in [2.24, 2.45) is 5.73 Å². The maximum absolute atomic E-state index is 14.5. The zero-order valence-corrected chi connectivity index (χ0v) is 19.7. The Morgan fingerprint density at radius 3 is 2.53 bits per heavy atom. The lowest BCUT2D eigenvalue weighted by Gasteiger charge is -2.38. The highest BCUT2D eigenvalue weighted by atomic mass is 35.5. The average Bonchev–Trinajstić information content (AvgIpc) is 3.37. The number of ether oxygens (including phenoxy) is 1. The predicted octanol–water partition coefficient (Wildman–Crippen LogP) is 4.15. The van der Waals surface area contributed by atoms with Crippen LogP contribution in [0.2, 0.25) is 5.02 Å². The molecule has 2 N–H and O–H groups in total. The summed E-state index contributed by atoms with van der Waals surface area (Å²) in [6, 6.07) is 25.8. The van der Waals surface area contributed by atoms with Crippen molar-refractivity contribution in [1.82, 2.24) is 0 Å². The minimum atomic E-state index is -1.71. The first-order valence-electron chi connectivity index (χ1n) is 11.3. The number of carbonyl (C=O) groups is 2. The van der Waals surface area contributed by atoms with Gasteiger partial charge in [0.25, 0.3) is 0 Å². The Hall–Kier alpha value is -4.54. The van der Waals surface area contributed by atoms with E-state index in [0.29, 0.717) is 27.7 Å². The fourth-order valence-corrected chi connectivity index (χ4v) is 5.65. The highest BCUT2D eigenvalue weighted by molar-refractivity contribution is 6.30. The van der Waals surface area contributed by atoms with Gasteiger partial charge in [0.2, 0.25) is 5.91 Å².